The largest absolute Gasteiger partial charge is 0.243 e. The summed E-state index contributed by atoms with van der Waals surface area (Å²) in [5, 5.41) is 0. The molecule has 0 amide bonds. The van der Waals surface area contributed by atoms with Gasteiger partial charge in [0.1, 0.15) is 0 Å². The topological polar surface area (TPSA) is 37.4 Å². The number of fused-ring (bicyclic) bond motifs is 1. The molecule has 108 valence electrons. The van der Waals surface area contributed by atoms with Crippen molar-refractivity contribution in [3.05, 3.63) is 42.0 Å². The van der Waals surface area contributed by atoms with Crippen molar-refractivity contribution in [2.75, 3.05) is 13.1 Å². The van der Waals surface area contributed by atoms with Crippen LogP contribution in [0.5, 0.6) is 0 Å². The Bertz CT molecular complexity index is 618. The SMILES string of the molecule is Cc1ccc(S(=O)(=O)N2C[C@@H]3C[C@@H](C)C=C[C@@H]3C2)cc1. The van der Waals surface area contributed by atoms with E-state index in [9.17, 15) is 8.42 Å². The Hall–Kier alpha value is -1.13. The van der Waals surface area contributed by atoms with Crippen LogP contribution >= 0.6 is 0 Å². The van der Waals surface area contributed by atoms with Gasteiger partial charge in [-0.2, -0.15) is 4.31 Å². The van der Waals surface area contributed by atoms with Gasteiger partial charge in [0.15, 0.2) is 0 Å². The second-order valence-electron chi connectivity index (χ2n) is 6.16. The van der Waals surface area contributed by atoms with Crippen LogP contribution in [-0.2, 0) is 10.0 Å². The highest BCUT2D eigenvalue weighted by Crippen LogP contribution is 2.36. The van der Waals surface area contributed by atoms with E-state index in [1.54, 1.807) is 16.4 Å². The molecule has 20 heavy (non-hydrogen) atoms. The van der Waals surface area contributed by atoms with Crippen LogP contribution in [0, 0.1) is 24.7 Å². The smallest absolute Gasteiger partial charge is 0.207 e. The summed E-state index contributed by atoms with van der Waals surface area (Å²) in [6.45, 7) is 5.45. The minimum absolute atomic E-state index is 0.395. The summed E-state index contributed by atoms with van der Waals surface area (Å²) in [5.74, 6) is 1.44. The molecule has 0 saturated carbocycles. The summed E-state index contributed by atoms with van der Waals surface area (Å²) >= 11 is 0. The van der Waals surface area contributed by atoms with Crippen molar-refractivity contribution in [1.29, 1.82) is 0 Å². The van der Waals surface area contributed by atoms with Gasteiger partial charge in [-0.1, -0.05) is 36.8 Å². The normalized spacial score (nSPS) is 30.4. The Balaban J connectivity index is 1.83. The van der Waals surface area contributed by atoms with Crippen LogP contribution in [0.4, 0.5) is 0 Å². The first kappa shape index (κ1) is 13.8. The molecule has 1 saturated heterocycles. The summed E-state index contributed by atoms with van der Waals surface area (Å²) in [4.78, 5) is 0.416. The average Bonchev–Trinajstić information content (AvgIpc) is 2.83. The molecule has 0 unspecified atom stereocenters. The second-order valence-corrected chi connectivity index (χ2v) is 8.09. The van der Waals surface area contributed by atoms with E-state index >= 15 is 0 Å². The van der Waals surface area contributed by atoms with Crippen molar-refractivity contribution in [2.45, 2.75) is 25.2 Å². The lowest BCUT2D eigenvalue weighted by Crippen LogP contribution is -2.29. The first-order valence-electron chi connectivity index (χ1n) is 7.22. The molecule has 0 N–H and O–H groups in total. The Morgan fingerprint density at radius 1 is 1.10 bits per heavy atom. The van der Waals surface area contributed by atoms with Gasteiger partial charge in [-0.25, -0.2) is 8.42 Å². The highest BCUT2D eigenvalue weighted by atomic mass is 32.2. The van der Waals surface area contributed by atoms with Crippen LogP contribution in [0.25, 0.3) is 0 Å². The number of benzene rings is 1. The van der Waals surface area contributed by atoms with Crippen molar-refractivity contribution in [2.24, 2.45) is 17.8 Å². The van der Waals surface area contributed by atoms with Gasteiger partial charge in [0.25, 0.3) is 0 Å². The maximum Gasteiger partial charge on any atom is 0.243 e. The van der Waals surface area contributed by atoms with Crippen molar-refractivity contribution in [3.8, 4) is 0 Å². The Morgan fingerprint density at radius 3 is 2.50 bits per heavy atom. The third kappa shape index (κ3) is 2.42. The standard InChI is InChI=1S/C16H21NO2S/c1-12-4-7-16(8-5-12)20(18,19)17-10-14-6-3-13(2)9-15(14)11-17/h3-8,13-15H,9-11H2,1-2H3/t13-,14+,15-/m0/s1. The van der Waals surface area contributed by atoms with E-state index in [1.807, 2.05) is 19.1 Å². The van der Waals surface area contributed by atoms with Crippen LogP contribution in [0.1, 0.15) is 18.9 Å². The minimum atomic E-state index is -3.33. The number of allylic oxidation sites excluding steroid dienone is 1. The molecule has 0 radical (unpaired) electrons. The molecule has 1 aliphatic carbocycles. The third-order valence-corrected chi connectivity index (χ3v) is 6.32. The first-order valence-corrected chi connectivity index (χ1v) is 8.66. The molecule has 3 nitrogen and oxygen atoms in total. The molecule has 0 bridgehead atoms. The number of sulfonamides is 1. The lowest BCUT2D eigenvalue weighted by Gasteiger charge is -2.22. The zero-order valence-corrected chi connectivity index (χ0v) is 12.8. The Kier molecular flexibility index (Phi) is 3.46. The molecule has 1 aliphatic heterocycles. The zero-order valence-electron chi connectivity index (χ0n) is 12.0. The molecule has 1 aromatic carbocycles. The summed E-state index contributed by atoms with van der Waals surface area (Å²) in [5.41, 5.74) is 1.08. The molecule has 3 atom stereocenters. The molecule has 1 fully saturated rings. The van der Waals surface area contributed by atoms with Gasteiger partial charge < -0.3 is 0 Å². The van der Waals surface area contributed by atoms with Crippen LogP contribution in [0.15, 0.2) is 41.3 Å². The van der Waals surface area contributed by atoms with E-state index < -0.39 is 10.0 Å². The molecule has 1 aromatic rings. The molecule has 1 heterocycles. The third-order valence-electron chi connectivity index (χ3n) is 4.48. The van der Waals surface area contributed by atoms with Gasteiger partial charge in [-0.3, -0.25) is 0 Å². The van der Waals surface area contributed by atoms with E-state index in [-0.39, 0.29) is 0 Å². The van der Waals surface area contributed by atoms with Crippen molar-refractivity contribution in [3.63, 3.8) is 0 Å². The fourth-order valence-electron chi connectivity index (χ4n) is 3.27. The Morgan fingerprint density at radius 2 is 1.80 bits per heavy atom. The lowest BCUT2D eigenvalue weighted by atomic mass is 9.82. The molecule has 3 rings (SSSR count). The highest BCUT2D eigenvalue weighted by Gasteiger charge is 2.39. The van der Waals surface area contributed by atoms with Gasteiger partial charge in [0, 0.05) is 13.1 Å². The predicted octanol–water partition coefficient (Wildman–Crippen LogP) is 2.83. The van der Waals surface area contributed by atoms with Gasteiger partial charge in [0.05, 0.1) is 4.90 Å². The predicted molar refractivity (Wildman–Crippen MR) is 79.8 cm³/mol. The second kappa shape index (κ2) is 5.01. The Labute approximate surface area is 121 Å². The van der Waals surface area contributed by atoms with Crippen molar-refractivity contribution in [1.82, 2.24) is 4.31 Å². The monoisotopic (exact) mass is 291 g/mol. The number of nitrogens with zero attached hydrogens (tertiary/aromatic N) is 1. The van der Waals surface area contributed by atoms with Crippen LogP contribution in [0.2, 0.25) is 0 Å². The molecular formula is C16H21NO2S. The minimum Gasteiger partial charge on any atom is -0.207 e. The fraction of sp³-hybridized carbons (Fsp3) is 0.500. The van der Waals surface area contributed by atoms with Crippen LogP contribution < -0.4 is 0 Å². The number of rotatable bonds is 2. The van der Waals surface area contributed by atoms with Crippen molar-refractivity contribution >= 4 is 10.0 Å². The molecule has 0 aromatic heterocycles. The molecule has 2 aliphatic rings. The maximum absolute atomic E-state index is 12.7. The van der Waals surface area contributed by atoms with Gasteiger partial charge in [-0.05, 0) is 43.2 Å². The van der Waals surface area contributed by atoms with Crippen molar-refractivity contribution < 1.29 is 8.42 Å². The molecular weight excluding hydrogens is 270 g/mol. The number of hydrogen-bond acceptors (Lipinski definition) is 2. The lowest BCUT2D eigenvalue weighted by molar-refractivity contribution is 0.380. The summed E-state index contributed by atoms with van der Waals surface area (Å²) in [6.07, 6.45) is 5.54. The van der Waals surface area contributed by atoms with Gasteiger partial charge in [0.2, 0.25) is 10.0 Å². The summed E-state index contributed by atoms with van der Waals surface area (Å²) in [6, 6.07) is 7.15. The van der Waals surface area contributed by atoms with Gasteiger partial charge >= 0.3 is 0 Å². The van der Waals surface area contributed by atoms with E-state index in [1.165, 1.54) is 0 Å². The fourth-order valence-corrected chi connectivity index (χ4v) is 4.80. The van der Waals surface area contributed by atoms with Gasteiger partial charge in [-0.15, -0.1) is 0 Å². The van der Waals surface area contributed by atoms with E-state index in [2.05, 4.69) is 19.1 Å². The average molecular weight is 291 g/mol. The quantitative estimate of drug-likeness (QED) is 0.786. The summed E-state index contributed by atoms with van der Waals surface area (Å²) in [7, 11) is -3.33. The van der Waals surface area contributed by atoms with Crippen LogP contribution in [-0.4, -0.2) is 25.8 Å². The first-order chi connectivity index (χ1) is 9.46. The van der Waals surface area contributed by atoms with E-state index in [0.29, 0.717) is 35.7 Å². The highest BCUT2D eigenvalue weighted by molar-refractivity contribution is 7.89. The summed E-state index contributed by atoms with van der Waals surface area (Å²) < 4.78 is 27.0. The zero-order chi connectivity index (χ0) is 14.3. The van der Waals surface area contributed by atoms with E-state index in [4.69, 9.17) is 0 Å². The number of hydrogen-bond donors (Lipinski definition) is 0. The number of aryl methyl sites for hydroxylation is 1. The molecule has 0 spiro atoms. The van der Waals surface area contributed by atoms with E-state index in [0.717, 1.165) is 12.0 Å². The maximum atomic E-state index is 12.7. The molecule has 4 heteroatoms. The van der Waals surface area contributed by atoms with Crippen LogP contribution in [0.3, 0.4) is 0 Å².